The van der Waals surface area contributed by atoms with Gasteiger partial charge in [0.1, 0.15) is 29.6 Å². The zero-order valence-electron chi connectivity index (χ0n) is 24.6. The number of nitrogens with zero attached hydrogens (tertiary/aromatic N) is 5. The predicted octanol–water partition coefficient (Wildman–Crippen LogP) is -2.05. The summed E-state index contributed by atoms with van der Waals surface area (Å²) in [6, 6.07) is 0. The summed E-state index contributed by atoms with van der Waals surface area (Å²) in [5.74, 6) is 3.82. The fourth-order valence-corrected chi connectivity index (χ4v) is 3.38. The molecule has 3 aromatic heterocycles. The van der Waals surface area contributed by atoms with Gasteiger partial charge in [-0.2, -0.15) is 0 Å². The normalized spacial score (nSPS) is 7.83. The Hall–Kier alpha value is 0.116. The zero-order chi connectivity index (χ0) is 26.8. The predicted molar refractivity (Wildman–Crippen MR) is 163 cm³/mol. The summed E-state index contributed by atoms with van der Waals surface area (Å²) < 4.78 is 8.80. The zero-order valence-corrected chi connectivity index (χ0v) is 32.0. The van der Waals surface area contributed by atoms with Crippen molar-refractivity contribution in [2.45, 2.75) is 83.1 Å². The van der Waals surface area contributed by atoms with E-state index in [1.165, 1.54) is 23.0 Å². The van der Waals surface area contributed by atoms with Crippen LogP contribution in [0.4, 0.5) is 0 Å². The second-order valence-corrected chi connectivity index (χ2v) is 7.48. The minimum atomic E-state index is -0.181. The van der Waals surface area contributed by atoms with Gasteiger partial charge in [0.25, 0.3) is 18.1 Å². The largest absolute Gasteiger partial charge is 1.00 e. The first kappa shape index (κ1) is 59.5. The van der Waals surface area contributed by atoms with Gasteiger partial charge in [-0.25, -0.2) is 23.3 Å². The van der Waals surface area contributed by atoms with Crippen LogP contribution < -0.4 is 89.8 Å². The molecule has 2 N–H and O–H groups in total. The number of aromatic amines is 1. The van der Waals surface area contributed by atoms with Crippen molar-refractivity contribution in [3.63, 3.8) is 0 Å². The molecule has 0 aliphatic rings. The molecule has 0 fully saturated rings. The molecule has 13 heteroatoms. The molecular formula is C27H57I2KN6O4. The second-order valence-electron chi connectivity index (χ2n) is 7.48. The molecule has 0 bridgehead atoms. The maximum Gasteiger partial charge on any atom is 1.00 e. The molecule has 0 aromatic carbocycles. The van der Waals surface area contributed by atoms with Gasteiger partial charge in [0.2, 0.25) is 0 Å². The number of rotatable bonds is 4. The van der Waals surface area contributed by atoms with Gasteiger partial charge in [-0.05, 0) is 11.9 Å². The molecule has 0 spiro atoms. The third-order valence-corrected chi connectivity index (χ3v) is 5.17. The summed E-state index contributed by atoms with van der Waals surface area (Å²) >= 11 is 2.15. The number of aryl methyl sites for hydroxylation is 6. The van der Waals surface area contributed by atoms with Crippen LogP contribution in [0.5, 0.6) is 0 Å². The third-order valence-electron chi connectivity index (χ3n) is 5.17. The molecule has 10 nitrogen and oxygen atoms in total. The smallest absolute Gasteiger partial charge is 1.00 e. The molecule has 0 atom stereocenters. The number of hydrogen-bond acceptors (Lipinski definition) is 5. The van der Waals surface area contributed by atoms with Gasteiger partial charge in [0.15, 0.2) is 0 Å². The van der Waals surface area contributed by atoms with Crippen LogP contribution in [0.25, 0.3) is 0 Å². The maximum absolute atomic E-state index is 8.64. The molecule has 234 valence electrons. The fourth-order valence-electron chi connectivity index (χ4n) is 3.38. The molecule has 0 amide bonds. The molecule has 40 heavy (non-hydrogen) atoms. The van der Waals surface area contributed by atoms with Gasteiger partial charge in [-0.15, -0.1) is 0 Å². The van der Waals surface area contributed by atoms with E-state index in [9.17, 15) is 0 Å². The minimum Gasteiger partial charge on any atom is -1.00 e. The molecule has 3 aromatic rings. The molecule has 3 rings (SSSR count). The number of hydrogen-bond donors (Lipinski definition) is 1. The Morgan fingerprint density at radius 2 is 1.25 bits per heavy atom. The number of alkyl halides is 1. The van der Waals surface area contributed by atoms with Crippen molar-refractivity contribution in [1.29, 1.82) is 0 Å². The van der Waals surface area contributed by atoms with Crippen molar-refractivity contribution in [2.24, 2.45) is 28.2 Å². The van der Waals surface area contributed by atoms with Crippen LogP contribution in [0.2, 0.25) is 0 Å². The average Bonchev–Trinajstić information content (AvgIpc) is 3.45. The van der Waals surface area contributed by atoms with Crippen molar-refractivity contribution in [2.75, 3.05) is 4.93 Å². The summed E-state index contributed by atoms with van der Waals surface area (Å²) in [5.41, 5.74) is 3.78. The van der Waals surface area contributed by atoms with E-state index in [2.05, 4.69) is 131 Å². The third kappa shape index (κ3) is 22.7. The van der Waals surface area contributed by atoms with Crippen molar-refractivity contribution < 1.29 is 105 Å². The van der Waals surface area contributed by atoms with Crippen LogP contribution in [-0.4, -0.2) is 36.0 Å². The summed E-state index contributed by atoms with van der Waals surface area (Å²) in [4.78, 5) is 20.4. The summed E-state index contributed by atoms with van der Waals surface area (Å²) in [6.07, 6.45) is 9.34. The molecule has 0 saturated carbocycles. The Labute approximate surface area is 318 Å². The van der Waals surface area contributed by atoms with Gasteiger partial charge in [-0.1, -0.05) is 65.6 Å². The van der Waals surface area contributed by atoms with E-state index < -0.39 is 0 Å². The van der Waals surface area contributed by atoms with Crippen LogP contribution in [0.1, 0.15) is 77.6 Å². The minimum absolute atomic E-state index is 0. The van der Waals surface area contributed by atoms with Crippen molar-refractivity contribution in [3.8, 4) is 0 Å². The molecule has 0 radical (unpaired) electrons. The molecule has 0 unspecified atom stereocenters. The van der Waals surface area contributed by atoms with Crippen LogP contribution in [0.15, 0.2) is 18.6 Å². The number of aromatic nitrogens is 6. The van der Waals surface area contributed by atoms with E-state index in [1.54, 1.807) is 0 Å². The second kappa shape index (κ2) is 35.3. The Kier molecular flexibility index (Phi) is 52.5. The van der Waals surface area contributed by atoms with E-state index >= 15 is 0 Å². The van der Waals surface area contributed by atoms with Crippen LogP contribution in [-0.2, 0) is 57.1 Å². The molecule has 3 heterocycles. The number of carbonyl (C=O) groups is 1. The van der Waals surface area contributed by atoms with Gasteiger partial charge in [0.05, 0.1) is 28.2 Å². The first-order valence-corrected chi connectivity index (χ1v) is 13.4. The number of imidazole rings is 3. The standard InChI is InChI=1S/2C8H15N2.C6H10N2.CH3I.CH2O3.3CH4.HI.K.H2O/c2*1-5-8-9(3)6-7(2)10(8)4;1-3-6-7-4-5(2)8-6;1-2;2-1-4-3;;;;;;/h2*6H,5H2,1-4H3;4H,3H2,1-2H3,(H,7,8);1H3;1,3H;3*1H4;1H;;1H2/q2*+1;;;;;;;;+1;/p-3. The fraction of sp³-hybridized carbons (Fsp3) is 0.630. The molecule has 0 aliphatic heterocycles. The Bertz CT molecular complexity index is 911. The topological polar surface area (TPSA) is 126 Å². The molecule has 0 saturated heterocycles. The van der Waals surface area contributed by atoms with E-state index in [1.807, 2.05) is 18.1 Å². The van der Waals surface area contributed by atoms with Gasteiger partial charge < -0.3 is 44.6 Å². The summed E-state index contributed by atoms with van der Waals surface area (Å²) in [5, 5.41) is 8.43. The quantitative estimate of drug-likeness (QED) is 0.0618. The molecular weight excluding hydrogens is 765 g/mol. The summed E-state index contributed by atoms with van der Waals surface area (Å²) in [7, 11) is 8.39. The number of carbonyl (C=O) groups excluding carboxylic acids is 1. The Morgan fingerprint density at radius 3 is 1.35 bits per heavy atom. The maximum atomic E-state index is 8.64. The number of halogens is 2. The Balaban J connectivity index is -0.0000000547. The first-order valence-electron chi connectivity index (χ1n) is 11.2. The number of H-pyrrole nitrogens is 1. The molecule has 0 aliphatic carbocycles. The van der Waals surface area contributed by atoms with Crippen molar-refractivity contribution >= 4 is 29.1 Å². The van der Waals surface area contributed by atoms with Crippen molar-refractivity contribution in [3.05, 3.63) is 53.1 Å². The SMILES string of the molecule is C.C.C.CCc1n(C)c(C)c[n+]1C.CCc1n(C)c(C)c[n+]1C.CCc1ncc(C)[nH]1.CI.O=CO[O-].[I-].[K+].[OH-]. The van der Waals surface area contributed by atoms with E-state index in [4.69, 9.17) is 10.1 Å². The monoisotopic (exact) mass is 822 g/mol. The van der Waals surface area contributed by atoms with Crippen LogP contribution in [0, 0.1) is 20.8 Å². The van der Waals surface area contributed by atoms with Crippen LogP contribution in [0.3, 0.4) is 0 Å². The van der Waals surface area contributed by atoms with Gasteiger partial charge >= 0.3 is 51.4 Å². The first-order chi connectivity index (χ1) is 16.1. The van der Waals surface area contributed by atoms with Crippen molar-refractivity contribution in [1.82, 2.24) is 19.1 Å². The Morgan fingerprint density at radius 1 is 0.925 bits per heavy atom. The van der Waals surface area contributed by atoms with Crippen LogP contribution >= 0.6 is 22.6 Å². The van der Waals surface area contributed by atoms with Gasteiger partial charge in [-0.3, -0.25) is 4.79 Å². The van der Waals surface area contributed by atoms with E-state index in [0.29, 0.717) is 0 Å². The average molecular weight is 823 g/mol. The van der Waals surface area contributed by atoms with Gasteiger partial charge in [0, 0.05) is 45.0 Å². The summed E-state index contributed by atoms with van der Waals surface area (Å²) in [6.45, 7) is 12.5. The van der Waals surface area contributed by atoms with E-state index in [-0.39, 0.29) is 110 Å². The number of nitrogens with one attached hydrogen (secondary N) is 1. The van der Waals surface area contributed by atoms with E-state index in [0.717, 1.165) is 30.8 Å².